The molecule has 2 heterocycles. The molecule has 1 aromatic rings. The van der Waals surface area contributed by atoms with Crippen LogP contribution < -0.4 is 0 Å². The van der Waals surface area contributed by atoms with Crippen LogP contribution in [0.2, 0.25) is 5.02 Å². The number of hydrogen-bond acceptors (Lipinski definition) is 3. The van der Waals surface area contributed by atoms with Crippen LogP contribution >= 0.6 is 11.6 Å². The number of benzene rings is 1. The minimum Gasteiger partial charge on any atom is -0.378 e. The summed E-state index contributed by atoms with van der Waals surface area (Å²) in [7, 11) is 0. The third kappa shape index (κ3) is 3.28. The fourth-order valence-corrected chi connectivity index (χ4v) is 3.95. The molecule has 2 fully saturated rings. The molecule has 0 N–H and O–H groups in total. The summed E-state index contributed by atoms with van der Waals surface area (Å²) in [5.41, 5.74) is 0.862. The molecule has 2 atom stereocenters. The second kappa shape index (κ2) is 7.53. The molecule has 2 aliphatic heterocycles. The average Bonchev–Trinajstić information content (AvgIpc) is 2.62. The quantitative estimate of drug-likeness (QED) is 0.841. The highest BCUT2D eigenvalue weighted by atomic mass is 35.5. The maximum absolute atomic E-state index is 13.1. The molecule has 3 rings (SSSR count). The van der Waals surface area contributed by atoms with Crippen LogP contribution in [0.3, 0.4) is 0 Å². The van der Waals surface area contributed by atoms with Gasteiger partial charge in [0.2, 0.25) is 11.8 Å². The van der Waals surface area contributed by atoms with Gasteiger partial charge < -0.3 is 14.5 Å². The SMILES string of the molecule is CCN1C(=O)CC[C@@H](C(=O)N2CCOCC2)[C@@H]1c1ccccc1Cl. The van der Waals surface area contributed by atoms with Crippen molar-refractivity contribution in [3.05, 3.63) is 34.9 Å². The molecule has 6 heteroatoms. The zero-order valence-electron chi connectivity index (χ0n) is 13.9. The van der Waals surface area contributed by atoms with E-state index < -0.39 is 0 Å². The summed E-state index contributed by atoms with van der Waals surface area (Å²) < 4.78 is 5.35. The lowest BCUT2D eigenvalue weighted by Crippen LogP contribution is -2.51. The maximum atomic E-state index is 13.1. The summed E-state index contributed by atoms with van der Waals surface area (Å²) in [4.78, 5) is 29.2. The molecule has 24 heavy (non-hydrogen) atoms. The van der Waals surface area contributed by atoms with Crippen LogP contribution in [0.15, 0.2) is 24.3 Å². The number of piperidine rings is 1. The van der Waals surface area contributed by atoms with E-state index in [-0.39, 0.29) is 23.8 Å². The fraction of sp³-hybridized carbons (Fsp3) is 0.556. The molecular weight excluding hydrogens is 328 g/mol. The zero-order chi connectivity index (χ0) is 17.1. The first-order valence-electron chi connectivity index (χ1n) is 8.54. The molecule has 0 saturated carbocycles. The normalized spacial score (nSPS) is 25.0. The number of carbonyl (C=O) groups is 2. The van der Waals surface area contributed by atoms with Crippen molar-refractivity contribution >= 4 is 23.4 Å². The van der Waals surface area contributed by atoms with Gasteiger partial charge in [0.05, 0.1) is 25.2 Å². The van der Waals surface area contributed by atoms with Crippen LogP contribution in [0.25, 0.3) is 0 Å². The second-order valence-corrected chi connectivity index (χ2v) is 6.64. The molecule has 130 valence electrons. The third-order valence-electron chi connectivity index (χ3n) is 4.91. The van der Waals surface area contributed by atoms with E-state index in [1.165, 1.54) is 0 Å². The van der Waals surface area contributed by atoms with Gasteiger partial charge in [0.1, 0.15) is 0 Å². The molecule has 1 aromatic carbocycles. The van der Waals surface area contributed by atoms with Gasteiger partial charge in [-0.25, -0.2) is 0 Å². The van der Waals surface area contributed by atoms with E-state index >= 15 is 0 Å². The van der Waals surface area contributed by atoms with Gasteiger partial charge in [-0.3, -0.25) is 9.59 Å². The van der Waals surface area contributed by atoms with E-state index in [9.17, 15) is 9.59 Å². The van der Waals surface area contributed by atoms with E-state index in [0.717, 1.165) is 5.56 Å². The standard InChI is InChI=1S/C18H23ClN2O3/c1-2-21-16(22)8-7-14(18(23)20-9-11-24-12-10-20)17(21)13-5-3-4-6-15(13)19/h3-6,14,17H,2,7-12H2,1H3/t14-,17+/m1/s1. The highest BCUT2D eigenvalue weighted by Crippen LogP contribution is 2.40. The number of rotatable bonds is 3. The maximum Gasteiger partial charge on any atom is 0.228 e. The molecule has 0 aliphatic carbocycles. The highest BCUT2D eigenvalue weighted by molar-refractivity contribution is 6.31. The number of carbonyl (C=O) groups excluding carboxylic acids is 2. The number of nitrogens with zero attached hydrogens (tertiary/aromatic N) is 2. The van der Waals surface area contributed by atoms with Crippen LogP contribution in [-0.4, -0.2) is 54.5 Å². The average molecular weight is 351 g/mol. The van der Waals surface area contributed by atoms with Crippen molar-refractivity contribution in [1.29, 1.82) is 0 Å². The Hall–Kier alpha value is -1.59. The molecule has 0 bridgehead atoms. The van der Waals surface area contributed by atoms with Crippen LogP contribution in [0.4, 0.5) is 0 Å². The predicted octanol–water partition coefficient (Wildman–Crippen LogP) is 2.50. The molecule has 2 amide bonds. The summed E-state index contributed by atoms with van der Waals surface area (Å²) >= 11 is 6.40. The number of hydrogen-bond donors (Lipinski definition) is 0. The van der Waals surface area contributed by atoms with Crippen LogP contribution in [0.1, 0.15) is 31.4 Å². The van der Waals surface area contributed by atoms with Gasteiger partial charge in [-0.05, 0) is 25.0 Å². The molecule has 2 saturated heterocycles. The monoisotopic (exact) mass is 350 g/mol. The fourth-order valence-electron chi connectivity index (χ4n) is 3.70. The molecule has 0 spiro atoms. The van der Waals surface area contributed by atoms with E-state index in [4.69, 9.17) is 16.3 Å². The minimum atomic E-state index is -0.291. The van der Waals surface area contributed by atoms with Crippen molar-refractivity contribution in [3.8, 4) is 0 Å². The Labute approximate surface area is 147 Å². The minimum absolute atomic E-state index is 0.0912. The Kier molecular flexibility index (Phi) is 5.41. The molecule has 2 aliphatic rings. The Balaban J connectivity index is 1.94. The van der Waals surface area contributed by atoms with Gasteiger partial charge in [0, 0.05) is 31.1 Å². The number of ether oxygens (including phenoxy) is 1. The van der Waals surface area contributed by atoms with Crippen molar-refractivity contribution < 1.29 is 14.3 Å². The molecule has 0 radical (unpaired) electrons. The van der Waals surface area contributed by atoms with Crippen molar-refractivity contribution in [2.75, 3.05) is 32.8 Å². The van der Waals surface area contributed by atoms with Crippen LogP contribution in [-0.2, 0) is 14.3 Å². The summed E-state index contributed by atoms with van der Waals surface area (Å²) in [6, 6.07) is 7.23. The van der Waals surface area contributed by atoms with Crippen molar-refractivity contribution in [2.45, 2.75) is 25.8 Å². The summed E-state index contributed by atoms with van der Waals surface area (Å²) in [6.07, 6.45) is 0.983. The van der Waals surface area contributed by atoms with E-state index in [2.05, 4.69) is 0 Å². The molecule has 0 aromatic heterocycles. The first kappa shape index (κ1) is 17.2. The molecule has 5 nitrogen and oxygen atoms in total. The third-order valence-corrected chi connectivity index (χ3v) is 5.26. The Morgan fingerprint density at radius 3 is 2.67 bits per heavy atom. The lowest BCUT2D eigenvalue weighted by atomic mass is 9.83. The van der Waals surface area contributed by atoms with Gasteiger partial charge >= 0.3 is 0 Å². The lowest BCUT2D eigenvalue weighted by Gasteiger charge is -2.42. The topological polar surface area (TPSA) is 49.9 Å². The molecule has 0 unspecified atom stereocenters. The number of amides is 2. The Morgan fingerprint density at radius 1 is 1.29 bits per heavy atom. The number of likely N-dealkylation sites (tertiary alicyclic amines) is 1. The predicted molar refractivity (Wildman–Crippen MR) is 91.7 cm³/mol. The van der Waals surface area contributed by atoms with Gasteiger partial charge in [-0.1, -0.05) is 29.8 Å². The highest BCUT2D eigenvalue weighted by Gasteiger charge is 2.42. The number of halogens is 1. The van der Waals surface area contributed by atoms with Gasteiger partial charge in [0.15, 0.2) is 0 Å². The summed E-state index contributed by atoms with van der Waals surface area (Å²) in [5.74, 6) is -0.0525. The van der Waals surface area contributed by atoms with Crippen molar-refractivity contribution in [2.24, 2.45) is 5.92 Å². The van der Waals surface area contributed by atoms with Crippen molar-refractivity contribution in [1.82, 2.24) is 9.80 Å². The Bertz CT molecular complexity index is 616. The molecular formula is C18H23ClN2O3. The van der Waals surface area contributed by atoms with Gasteiger partial charge in [-0.15, -0.1) is 0 Å². The summed E-state index contributed by atoms with van der Waals surface area (Å²) in [6.45, 7) is 4.90. The van der Waals surface area contributed by atoms with Crippen molar-refractivity contribution in [3.63, 3.8) is 0 Å². The Morgan fingerprint density at radius 2 is 2.00 bits per heavy atom. The lowest BCUT2D eigenvalue weighted by molar-refractivity contribution is -0.150. The smallest absolute Gasteiger partial charge is 0.228 e. The van der Waals surface area contributed by atoms with E-state index in [1.54, 1.807) is 4.90 Å². The number of morpholine rings is 1. The first-order valence-corrected chi connectivity index (χ1v) is 8.91. The van der Waals surface area contributed by atoms with Gasteiger partial charge in [0.25, 0.3) is 0 Å². The first-order chi connectivity index (χ1) is 11.6. The largest absolute Gasteiger partial charge is 0.378 e. The summed E-state index contributed by atoms with van der Waals surface area (Å²) in [5, 5.41) is 0.607. The van der Waals surface area contributed by atoms with Crippen LogP contribution in [0.5, 0.6) is 0 Å². The van der Waals surface area contributed by atoms with Crippen LogP contribution in [0, 0.1) is 5.92 Å². The zero-order valence-corrected chi connectivity index (χ0v) is 14.7. The van der Waals surface area contributed by atoms with E-state index in [0.29, 0.717) is 50.7 Å². The van der Waals surface area contributed by atoms with E-state index in [1.807, 2.05) is 36.1 Å². The van der Waals surface area contributed by atoms with Gasteiger partial charge in [-0.2, -0.15) is 0 Å². The second-order valence-electron chi connectivity index (χ2n) is 6.23.